The Morgan fingerprint density at radius 3 is 2.78 bits per heavy atom. The van der Waals surface area contributed by atoms with Gasteiger partial charge in [-0.25, -0.2) is 0 Å². The highest BCUT2D eigenvalue weighted by Crippen LogP contribution is 2.25. The molecule has 1 aromatic rings. The Hall–Kier alpha value is -1.02. The van der Waals surface area contributed by atoms with E-state index in [-0.39, 0.29) is 5.91 Å². The van der Waals surface area contributed by atoms with Crippen LogP contribution in [0.25, 0.3) is 0 Å². The van der Waals surface area contributed by atoms with Gasteiger partial charge in [-0.05, 0) is 36.5 Å². The third-order valence-corrected chi connectivity index (χ3v) is 3.99. The Labute approximate surface area is 114 Å². The first-order valence-corrected chi connectivity index (χ1v) is 7.14. The number of amides is 1. The molecule has 1 amide bonds. The molecular formula is C15H20ClNO. The zero-order valence-corrected chi connectivity index (χ0v) is 11.6. The van der Waals surface area contributed by atoms with E-state index in [1.165, 1.54) is 25.7 Å². The minimum atomic E-state index is 0.105. The summed E-state index contributed by atoms with van der Waals surface area (Å²) in [5, 5.41) is 0. The zero-order valence-electron chi connectivity index (χ0n) is 10.9. The van der Waals surface area contributed by atoms with Gasteiger partial charge in [0.1, 0.15) is 0 Å². The van der Waals surface area contributed by atoms with Gasteiger partial charge < -0.3 is 4.90 Å². The van der Waals surface area contributed by atoms with Crippen molar-refractivity contribution in [2.45, 2.75) is 31.6 Å². The smallest absolute Gasteiger partial charge is 0.253 e. The van der Waals surface area contributed by atoms with Gasteiger partial charge in [-0.1, -0.05) is 25.0 Å². The van der Waals surface area contributed by atoms with E-state index in [9.17, 15) is 4.79 Å². The number of hydrogen-bond donors (Lipinski definition) is 0. The van der Waals surface area contributed by atoms with Crippen LogP contribution >= 0.6 is 11.6 Å². The highest BCUT2D eigenvalue weighted by molar-refractivity contribution is 6.17. The van der Waals surface area contributed by atoms with Crippen LogP contribution in [0.1, 0.15) is 41.6 Å². The lowest BCUT2D eigenvalue weighted by molar-refractivity contribution is 0.0773. The standard InChI is InChI=1S/C15H20ClNO/c1-17(11-12-5-2-3-6-12)15(18)14-8-4-7-13(9-14)10-16/h4,7-9,12H,2-3,5-6,10-11H2,1H3. The maximum atomic E-state index is 12.3. The number of nitrogens with zero attached hydrogens (tertiary/aromatic N) is 1. The monoisotopic (exact) mass is 265 g/mol. The fraction of sp³-hybridized carbons (Fsp3) is 0.533. The average Bonchev–Trinajstić information content (AvgIpc) is 2.90. The molecule has 0 aliphatic heterocycles. The van der Waals surface area contributed by atoms with Gasteiger partial charge in [-0.2, -0.15) is 0 Å². The maximum Gasteiger partial charge on any atom is 0.253 e. The van der Waals surface area contributed by atoms with Crippen LogP contribution in [0.2, 0.25) is 0 Å². The molecule has 1 aliphatic rings. The van der Waals surface area contributed by atoms with Crippen molar-refractivity contribution < 1.29 is 4.79 Å². The Kier molecular flexibility index (Phi) is 4.65. The van der Waals surface area contributed by atoms with E-state index in [4.69, 9.17) is 11.6 Å². The van der Waals surface area contributed by atoms with Crippen LogP contribution in [0.15, 0.2) is 24.3 Å². The molecule has 1 saturated carbocycles. The van der Waals surface area contributed by atoms with E-state index in [1.807, 2.05) is 36.2 Å². The summed E-state index contributed by atoms with van der Waals surface area (Å²) in [5.41, 5.74) is 1.74. The molecule has 0 spiro atoms. The molecule has 18 heavy (non-hydrogen) atoms. The van der Waals surface area contributed by atoms with Gasteiger partial charge >= 0.3 is 0 Å². The molecule has 0 bridgehead atoms. The molecule has 1 aromatic carbocycles. The van der Waals surface area contributed by atoms with E-state index in [2.05, 4.69) is 0 Å². The van der Waals surface area contributed by atoms with Gasteiger partial charge in [-0.15, -0.1) is 11.6 Å². The van der Waals surface area contributed by atoms with Crippen molar-refractivity contribution in [3.63, 3.8) is 0 Å². The first kappa shape index (κ1) is 13.4. The molecule has 0 saturated heterocycles. The lowest BCUT2D eigenvalue weighted by atomic mass is 10.1. The summed E-state index contributed by atoms with van der Waals surface area (Å²) in [4.78, 5) is 14.1. The van der Waals surface area contributed by atoms with Crippen molar-refractivity contribution in [1.82, 2.24) is 4.90 Å². The minimum Gasteiger partial charge on any atom is -0.341 e. The molecule has 0 radical (unpaired) electrons. The molecule has 1 fully saturated rings. The van der Waals surface area contributed by atoms with Gasteiger partial charge in [0.05, 0.1) is 0 Å². The van der Waals surface area contributed by atoms with Crippen molar-refractivity contribution in [3.05, 3.63) is 35.4 Å². The summed E-state index contributed by atoms with van der Waals surface area (Å²) in [7, 11) is 1.90. The predicted octanol–water partition coefficient (Wildman–Crippen LogP) is 3.69. The SMILES string of the molecule is CN(CC1CCCC1)C(=O)c1cccc(CCl)c1. The molecule has 0 unspecified atom stereocenters. The Balaban J connectivity index is 2.00. The zero-order chi connectivity index (χ0) is 13.0. The van der Waals surface area contributed by atoms with Crippen LogP contribution in [0.5, 0.6) is 0 Å². The number of rotatable bonds is 4. The fourth-order valence-corrected chi connectivity index (χ4v) is 2.84. The fourth-order valence-electron chi connectivity index (χ4n) is 2.67. The summed E-state index contributed by atoms with van der Waals surface area (Å²) >= 11 is 5.80. The van der Waals surface area contributed by atoms with E-state index < -0.39 is 0 Å². The molecule has 2 rings (SSSR count). The number of hydrogen-bond acceptors (Lipinski definition) is 1. The topological polar surface area (TPSA) is 20.3 Å². The average molecular weight is 266 g/mol. The summed E-state index contributed by atoms with van der Waals surface area (Å²) in [6.07, 6.45) is 5.15. The van der Waals surface area contributed by atoms with E-state index in [1.54, 1.807) is 0 Å². The number of carbonyl (C=O) groups excluding carboxylic acids is 1. The normalized spacial score (nSPS) is 15.9. The molecule has 0 atom stereocenters. The van der Waals surface area contributed by atoms with Crippen LogP contribution in [-0.4, -0.2) is 24.4 Å². The quantitative estimate of drug-likeness (QED) is 0.761. The van der Waals surface area contributed by atoms with E-state index in [0.29, 0.717) is 11.8 Å². The molecule has 98 valence electrons. The first-order chi connectivity index (χ1) is 8.70. The number of benzene rings is 1. The lowest BCUT2D eigenvalue weighted by Crippen LogP contribution is -2.31. The second kappa shape index (κ2) is 6.24. The lowest BCUT2D eigenvalue weighted by Gasteiger charge is -2.21. The highest BCUT2D eigenvalue weighted by Gasteiger charge is 2.20. The largest absolute Gasteiger partial charge is 0.341 e. The Morgan fingerprint density at radius 2 is 2.11 bits per heavy atom. The first-order valence-electron chi connectivity index (χ1n) is 6.61. The van der Waals surface area contributed by atoms with Crippen LogP contribution in [0.4, 0.5) is 0 Å². The van der Waals surface area contributed by atoms with E-state index >= 15 is 0 Å². The second-order valence-corrected chi connectivity index (χ2v) is 5.44. The minimum absolute atomic E-state index is 0.105. The molecule has 2 nitrogen and oxygen atoms in total. The number of halogens is 1. The summed E-state index contributed by atoms with van der Waals surface area (Å²) in [6, 6.07) is 7.60. The van der Waals surface area contributed by atoms with Crippen LogP contribution < -0.4 is 0 Å². The molecule has 0 aromatic heterocycles. The number of alkyl halides is 1. The second-order valence-electron chi connectivity index (χ2n) is 5.17. The summed E-state index contributed by atoms with van der Waals surface area (Å²) < 4.78 is 0. The molecule has 0 heterocycles. The summed E-state index contributed by atoms with van der Waals surface area (Å²) in [6.45, 7) is 0.879. The molecular weight excluding hydrogens is 246 g/mol. The van der Waals surface area contributed by atoms with Crippen molar-refractivity contribution >= 4 is 17.5 Å². The van der Waals surface area contributed by atoms with E-state index in [0.717, 1.165) is 17.7 Å². The van der Waals surface area contributed by atoms with Crippen molar-refractivity contribution in [2.75, 3.05) is 13.6 Å². The van der Waals surface area contributed by atoms with Gasteiger partial charge in [-0.3, -0.25) is 4.79 Å². The molecule has 0 N–H and O–H groups in total. The van der Waals surface area contributed by atoms with Crippen LogP contribution in [0.3, 0.4) is 0 Å². The highest BCUT2D eigenvalue weighted by atomic mass is 35.5. The Morgan fingerprint density at radius 1 is 1.39 bits per heavy atom. The predicted molar refractivity (Wildman–Crippen MR) is 74.9 cm³/mol. The maximum absolute atomic E-state index is 12.3. The summed E-state index contributed by atoms with van der Waals surface area (Å²) in [5.74, 6) is 1.25. The van der Waals surface area contributed by atoms with Gasteiger partial charge in [0.2, 0.25) is 0 Å². The third kappa shape index (κ3) is 3.26. The van der Waals surface area contributed by atoms with Crippen LogP contribution in [0, 0.1) is 5.92 Å². The number of carbonyl (C=O) groups is 1. The van der Waals surface area contributed by atoms with Crippen molar-refractivity contribution in [2.24, 2.45) is 5.92 Å². The van der Waals surface area contributed by atoms with Crippen molar-refractivity contribution in [3.8, 4) is 0 Å². The van der Waals surface area contributed by atoms with Crippen LogP contribution in [-0.2, 0) is 5.88 Å². The van der Waals surface area contributed by atoms with Gasteiger partial charge in [0.25, 0.3) is 5.91 Å². The van der Waals surface area contributed by atoms with Gasteiger partial charge in [0, 0.05) is 25.0 Å². The Bertz CT molecular complexity index is 413. The third-order valence-electron chi connectivity index (χ3n) is 3.68. The van der Waals surface area contributed by atoms with Crippen molar-refractivity contribution in [1.29, 1.82) is 0 Å². The van der Waals surface area contributed by atoms with Gasteiger partial charge in [0.15, 0.2) is 0 Å². The molecule has 1 aliphatic carbocycles. The molecule has 3 heteroatoms.